The number of ether oxygens (including phenoxy) is 2. The Balaban J connectivity index is 1.52. The molecule has 26 heavy (non-hydrogen) atoms. The van der Waals surface area contributed by atoms with E-state index in [4.69, 9.17) is 14.6 Å². The highest BCUT2D eigenvalue weighted by atomic mass is 16.5. The summed E-state index contributed by atoms with van der Waals surface area (Å²) in [6.07, 6.45) is 0.822. The van der Waals surface area contributed by atoms with Gasteiger partial charge in [-0.3, -0.25) is 0 Å². The number of amides is 2. The van der Waals surface area contributed by atoms with Crippen LogP contribution in [0, 0.1) is 0 Å². The van der Waals surface area contributed by atoms with Gasteiger partial charge in [-0.2, -0.15) is 0 Å². The third-order valence-electron chi connectivity index (χ3n) is 3.95. The van der Waals surface area contributed by atoms with E-state index in [9.17, 15) is 9.59 Å². The highest BCUT2D eigenvalue weighted by Crippen LogP contribution is 2.33. The van der Waals surface area contributed by atoms with E-state index in [1.54, 1.807) is 12.1 Å². The fourth-order valence-corrected chi connectivity index (χ4v) is 2.58. The van der Waals surface area contributed by atoms with Gasteiger partial charge in [0.25, 0.3) is 0 Å². The Bertz CT molecular complexity index is 789. The van der Waals surface area contributed by atoms with Gasteiger partial charge in [0, 0.05) is 25.1 Å². The van der Waals surface area contributed by atoms with Crippen LogP contribution < -0.4 is 20.1 Å². The van der Waals surface area contributed by atoms with Crippen LogP contribution >= 0.6 is 0 Å². The van der Waals surface area contributed by atoms with Gasteiger partial charge >= 0.3 is 12.0 Å². The second-order valence-electron chi connectivity index (χ2n) is 5.83. The van der Waals surface area contributed by atoms with Crippen molar-refractivity contribution in [2.75, 3.05) is 13.2 Å². The molecule has 0 unspecified atom stereocenters. The van der Waals surface area contributed by atoms with Crippen LogP contribution in [0.3, 0.4) is 0 Å². The molecule has 2 aromatic rings. The number of benzene rings is 2. The normalized spacial score (nSPS) is 12.8. The van der Waals surface area contributed by atoms with Crippen molar-refractivity contribution in [3.8, 4) is 11.5 Å². The fourth-order valence-electron chi connectivity index (χ4n) is 2.58. The van der Waals surface area contributed by atoms with Crippen molar-refractivity contribution in [1.29, 1.82) is 0 Å². The van der Waals surface area contributed by atoms with Crippen LogP contribution in [0.2, 0.25) is 0 Å². The Morgan fingerprint density at radius 2 is 1.69 bits per heavy atom. The molecule has 3 rings (SSSR count). The third kappa shape index (κ3) is 4.44. The number of carbonyl (C=O) groups excluding carboxylic acids is 1. The number of aromatic carboxylic acids is 1. The molecule has 0 radical (unpaired) electrons. The number of fused-ring (bicyclic) bond motifs is 1. The zero-order valence-electron chi connectivity index (χ0n) is 14.2. The third-order valence-corrected chi connectivity index (χ3v) is 3.95. The number of nitrogens with one attached hydrogen (secondary N) is 2. The molecule has 0 atom stereocenters. The highest BCUT2D eigenvalue weighted by molar-refractivity contribution is 5.87. The quantitative estimate of drug-likeness (QED) is 0.765. The molecular formula is C19H20N2O5. The molecule has 0 fully saturated rings. The van der Waals surface area contributed by atoms with Gasteiger partial charge in [-0.25, -0.2) is 9.59 Å². The van der Waals surface area contributed by atoms with E-state index < -0.39 is 5.97 Å². The first-order chi connectivity index (χ1) is 12.6. The zero-order chi connectivity index (χ0) is 18.4. The molecule has 1 heterocycles. The maximum atomic E-state index is 12.0. The maximum absolute atomic E-state index is 12.0. The topological polar surface area (TPSA) is 96.9 Å². The molecule has 0 bridgehead atoms. The van der Waals surface area contributed by atoms with Crippen LogP contribution in [-0.2, 0) is 13.1 Å². The Morgan fingerprint density at radius 1 is 0.962 bits per heavy atom. The Morgan fingerprint density at radius 3 is 2.46 bits per heavy atom. The minimum Gasteiger partial charge on any atom is -0.490 e. The molecule has 1 aliphatic heterocycles. The predicted molar refractivity (Wildman–Crippen MR) is 94.5 cm³/mol. The monoisotopic (exact) mass is 356 g/mol. The standard InChI is InChI=1S/C19H20N2O5/c22-18(23)14-7-5-13(6-8-14)11-20-19(24)21-12-15-3-1-4-16-17(15)26-10-2-9-25-16/h1,3-8H,2,9-12H2,(H,22,23)(H2,20,21,24). The van der Waals surface area contributed by atoms with Crippen molar-refractivity contribution in [3.63, 3.8) is 0 Å². The highest BCUT2D eigenvalue weighted by Gasteiger charge is 2.14. The largest absolute Gasteiger partial charge is 0.490 e. The van der Waals surface area contributed by atoms with Crippen molar-refractivity contribution in [2.45, 2.75) is 19.5 Å². The molecule has 0 saturated heterocycles. The molecule has 1 aliphatic rings. The summed E-state index contributed by atoms with van der Waals surface area (Å²) in [6.45, 7) is 1.82. The van der Waals surface area contributed by atoms with Crippen LogP contribution in [0.15, 0.2) is 42.5 Å². The summed E-state index contributed by atoms with van der Waals surface area (Å²) >= 11 is 0. The Hall–Kier alpha value is -3.22. The predicted octanol–water partition coefficient (Wildman–Crippen LogP) is 2.55. The van der Waals surface area contributed by atoms with Crippen molar-refractivity contribution < 1.29 is 24.2 Å². The van der Waals surface area contributed by atoms with Crippen LogP contribution in [0.5, 0.6) is 11.5 Å². The molecule has 0 aromatic heterocycles. The second-order valence-corrected chi connectivity index (χ2v) is 5.83. The summed E-state index contributed by atoms with van der Waals surface area (Å²) in [5.41, 5.74) is 1.88. The van der Waals surface area contributed by atoms with E-state index in [2.05, 4.69) is 10.6 Å². The number of carbonyl (C=O) groups is 2. The number of carboxylic acid groups (broad SMARTS) is 1. The van der Waals surface area contributed by atoms with Crippen LogP contribution in [0.25, 0.3) is 0 Å². The summed E-state index contributed by atoms with van der Waals surface area (Å²) in [5.74, 6) is 0.394. The molecule has 0 saturated carbocycles. The first kappa shape index (κ1) is 17.6. The van der Waals surface area contributed by atoms with Crippen LogP contribution in [-0.4, -0.2) is 30.3 Å². The number of hydrogen-bond donors (Lipinski definition) is 3. The lowest BCUT2D eigenvalue weighted by Crippen LogP contribution is -2.34. The average molecular weight is 356 g/mol. The Labute approximate surface area is 150 Å². The van der Waals surface area contributed by atoms with E-state index in [0.29, 0.717) is 37.8 Å². The molecule has 0 aliphatic carbocycles. The first-order valence-electron chi connectivity index (χ1n) is 8.35. The van der Waals surface area contributed by atoms with Gasteiger partial charge in [-0.05, 0) is 23.8 Å². The molecule has 3 N–H and O–H groups in total. The average Bonchev–Trinajstić information content (AvgIpc) is 2.91. The summed E-state index contributed by atoms with van der Waals surface area (Å²) in [6, 6.07) is 11.6. The van der Waals surface area contributed by atoms with Crippen molar-refractivity contribution in [1.82, 2.24) is 10.6 Å². The molecule has 2 amide bonds. The summed E-state index contributed by atoms with van der Waals surface area (Å²) < 4.78 is 11.4. The van der Waals surface area contributed by atoms with E-state index in [1.807, 2.05) is 18.2 Å². The SMILES string of the molecule is O=C(NCc1ccc(C(=O)O)cc1)NCc1cccc2c1OCCCO2. The lowest BCUT2D eigenvalue weighted by atomic mass is 10.1. The van der Waals surface area contributed by atoms with Gasteiger partial charge in [0.15, 0.2) is 11.5 Å². The molecule has 7 heteroatoms. The second kappa shape index (κ2) is 8.24. The van der Waals surface area contributed by atoms with E-state index in [1.165, 1.54) is 12.1 Å². The van der Waals surface area contributed by atoms with Crippen molar-refractivity contribution >= 4 is 12.0 Å². The van der Waals surface area contributed by atoms with Gasteiger partial charge in [-0.1, -0.05) is 24.3 Å². The minimum atomic E-state index is -0.976. The lowest BCUT2D eigenvalue weighted by Gasteiger charge is -2.13. The number of para-hydroxylation sites is 1. The molecule has 7 nitrogen and oxygen atoms in total. The van der Waals surface area contributed by atoms with Crippen molar-refractivity contribution in [2.24, 2.45) is 0 Å². The van der Waals surface area contributed by atoms with E-state index in [0.717, 1.165) is 17.5 Å². The number of carboxylic acids is 1. The molecule has 0 spiro atoms. The fraction of sp³-hybridized carbons (Fsp3) is 0.263. The van der Waals surface area contributed by atoms with Crippen LogP contribution in [0.4, 0.5) is 4.79 Å². The zero-order valence-corrected chi connectivity index (χ0v) is 14.2. The van der Waals surface area contributed by atoms with Gasteiger partial charge in [-0.15, -0.1) is 0 Å². The van der Waals surface area contributed by atoms with Gasteiger partial charge in [0.2, 0.25) is 0 Å². The summed E-state index contributed by atoms with van der Waals surface area (Å²) in [5, 5.41) is 14.4. The van der Waals surface area contributed by atoms with Gasteiger partial charge in [0.05, 0.1) is 18.8 Å². The van der Waals surface area contributed by atoms with Gasteiger partial charge < -0.3 is 25.2 Å². The van der Waals surface area contributed by atoms with Crippen LogP contribution in [0.1, 0.15) is 27.9 Å². The summed E-state index contributed by atoms with van der Waals surface area (Å²) in [4.78, 5) is 22.8. The molecular weight excluding hydrogens is 336 g/mol. The van der Waals surface area contributed by atoms with Gasteiger partial charge in [0.1, 0.15) is 0 Å². The van der Waals surface area contributed by atoms with E-state index in [-0.39, 0.29) is 11.6 Å². The van der Waals surface area contributed by atoms with Crippen molar-refractivity contribution in [3.05, 3.63) is 59.2 Å². The number of urea groups is 1. The molecule has 2 aromatic carbocycles. The lowest BCUT2D eigenvalue weighted by molar-refractivity contribution is 0.0697. The van der Waals surface area contributed by atoms with E-state index >= 15 is 0 Å². The number of hydrogen-bond acceptors (Lipinski definition) is 4. The Kier molecular flexibility index (Phi) is 5.58. The maximum Gasteiger partial charge on any atom is 0.335 e. The summed E-state index contributed by atoms with van der Waals surface area (Å²) in [7, 11) is 0. The first-order valence-corrected chi connectivity index (χ1v) is 8.35. The minimum absolute atomic E-state index is 0.213. The number of rotatable bonds is 5. The smallest absolute Gasteiger partial charge is 0.335 e. The molecule has 136 valence electrons.